The van der Waals surface area contributed by atoms with Gasteiger partial charge >= 0.3 is 0 Å². The largest absolute Gasteiger partial charge is 0.0651 e. The van der Waals surface area contributed by atoms with E-state index < -0.39 is 0 Å². The lowest BCUT2D eigenvalue weighted by molar-refractivity contribution is 0.922. The highest BCUT2D eigenvalue weighted by Gasteiger charge is 1.91. The van der Waals surface area contributed by atoms with E-state index in [9.17, 15) is 0 Å². The third kappa shape index (κ3) is 4.10. The van der Waals surface area contributed by atoms with E-state index in [1.807, 2.05) is 6.08 Å². The molecule has 0 bridgehead atoms. The van der Waals surface area contributed by atoms with Crippen LogP contribution in [0.4, 0.5) is 0 Å². The summed E-state index contributed by atoms with van der Waals surface area (Å²) in [6.45, 7) is 2.20. The number of halogens is 2. The number of hydrogen-bond acceptors (Lipinski definition) is 0. The quantitative estimate of drug-likeness (QED) is 0.757. The maximum absolute atomic E-state index is 3.34. The van der Waals surface area contributed by atoms with Crippen molar-refractivity contribution in [2.24, 2.45) is 0 Å². The first-order valence-electron chi connectivity index (χ1n) is 4.34. The normalized spacial score (nSPS) is 9.77. The Hall–Kier alpha value is -0.0800. The molecule has 0 fully saturated rings. The first-order valence-corrected chi connectivity index (χ1v) is 5.92. The number of rotatable bonds is 3. The molecule has 0 atom stereocenters. The summed E-state index contributed by atoms with van der Waals surface area (Å²) in [5.41, 5.74) is 2.62. The molecule has 1 rings (SSSR count). The van der Waals surface area contributed by atoms with Crippen molar-refractivity contribution in [2.45, 2.75) is 19.8 Å². The van der Waals surface area contributed by atoms with Crippen LogP contribution >= 0.6 is 31.9 Å². The van der Waals surface area contributed by atoms with Crippen LogP contribution in [0.5, 0.6) is 0 Å². The molecule has 0 radical (unpaired) electrons. The van der Waals surface area contributed by atoms with Crippen molar-refractivity contribution in [3.63, 3.8) is 0 Å². The minimum absolute atomic E-state index is 0.975. The molecule has 0 N–H and O–H groups in total. The van der Waals surface area contributed by atoms with E-state index >= 15 is 0 Å². The summed E-state index contributed by atoms with van der Waals surface area (Å²) in [5, 5.41) is 0. The Bertz CT molecular complexity index is 281. The van der Waals surface area contributed by atoms with E-state index in [4.69, 9.17) is 0 Å². The molecule has 0 saturated carbocycles. The second kappa shape index (κ2) is 5.61. The summed E-state index contributed by atoms with van der Waals surface area (Å²) in [5.74, 6) is 0. The van der Waals surface area contributed by atoms with Gasteiger partial charge < -0.3 is 0 Å². The molecule has 70 valence electrons. The minimum Gasteiger partial charge on any atom is -0.0651 e. The van der Waals surface area contributed by atoms with E-state index in [0.29, 0.717) is 0 Å². The smallest absolute Gasteiger partial charge is 0.0610 e. The number of benzene rings is 1. The van der Waals surface area contributed by atoms with E-state index in [1.165, 1.54) is 24.0 Å². The first kappa shape index (κ1) is 11.0. The molecule has 1 aromatic carbocycles. The van der Waals surface area contributed by atoms with Gasteiger partial charge in [0.15, 0.2) is 0 Å². The van der Waals surface area contributed by atoms with Gasteiger partial charge in [0.1, 0.15) is 0 Å². The van der Waals surface area contributed by atoms with Crippen LogP contribution in [-0.2, 0) is 6.42 Å². The number of hydrogen-bond donors (Lipinski definition) is 0. The molecule has 0 spiro atoms. The first-order chi connectivity index (χ1) is 6.22. The van der Waals surface area contributed by atoms with Gasteiger partial charge in [0.25, 0.3) is 0 Å². The van der Waals surface area contributed by atoms with Crippen LogP contribution in [0.3, 0.4) is 0 Å². The molecular weight excluding hydrogens is 292 g/mol. The van der Waals surface area contributed by atoms with Crippen molar-refractivity contribution >= 4 is 37.9 Å². The monoisotopic (exact) mass is 302 g/mol. The predicted molar refractivity (Wildman–Crippen MR) is 66.3 cm³/mol. The van der Waals surface area contributed by atoms with Crippen LogP contribution in [0.1, 0.15) is 24.5 Å². The standard InChI is InChI=1S/C11H12Br2/c1-2-3-9-4-6-10(7-5-9)8-11(12)13/h4-8H,2-3H2,1H3. The third-order valence-electron chi connectivity index (χ3n) is 1.79. The fourth-order valence-electron chi connectivity index (χ4n) is 1.20. The van der Waals surface area contributed by atoms with Gasteiger partial charge in [-0.15, -0.1) is 0 Å². The molecule has 0 aliphatic heterocycles. The van der Waals surface area contributed by atoms with Crippen molar-refractivity contribution in [3.05, 3.63) is 38.8 Å². The Labute approximate surface area is 96.3 Å². The summed E-state index contributed by atoms with van der Waals surface area (Å²) >= 11 is 6.68. The Kier molecular flexibility index (Phi) is 4.74. The van der Waals surface area contributed by atoms with Crippen molar-refractivity contribution in [2.75, 3.05) is 0 Å². The van der Waals surface area contributed by atoms with Gasteiger partial charge in [0.2, 0.25) is 0 Å². The lowest BCUT2D eigenvalue weighted by atomic mass is 10.1. The van der Waals surface area contributed by atoms with Crippen LogP contribution in [0, 0.1) is 0 Å². The van der Waals surface area contributed by atoms with Crippen LogP contribution in [0.25, 0.3) is 6.08 Å². The highest BCUT2D eigenvalue weighted by atomic mass is 79.9. The summed E-state index contributed by atoms with van der Waals surface area (Å²) in [6, 6.07) is 8.62. The molecule has 1 aromatic rings. The van der Waals surface area contributed by atoms with Crippen LogP contribution in [0.2, 0.25) is 0 Å². The second-order valence-corrected chi connectivity index (χ2v) is 5.70. The maximum Gasteiger partial charge on any atom is 0.0610 e. The Morgan fingerprint density at radius 3 is 2.31 bits per heavy atom. The zero-order valence-electron chi connectivity index (χ0n) is 7.56. The van der Waals surface area contributed by atoms with Gasteiger partial charge in [0, 0.05) is 0 Å². The van der Waals surface area contributed by atoms with Gasteiger partial charge in [-0.05, 0) is 55.5 Å². The molecule has 0 unspecified atom stereocenters. The summed E-state index contributed by atoms with van der Waals surface area (Å²) in [6.07, 6.45) is 4.41. The van der Waals surface area contributed by atoms with Crippen LogP contribution in [-0.4, -0.2) is 0 Å². The molecule has 0 saturated heterocycles. The number of aryl methyl sites for hydroxylation is 1. The molecule has 0 aliphatic carbocycles. The topological polar surface area (TPSA) is 0 Å². The van der Waals surface area contributed by atoms with Crippen molar-refractivity contribution in [1.82, 2.24) is 0 Å². The zero-order chi connectivity index (χ0) is 9.68. The maximum atomic E-state index is 3.34. The van der Waals surface area contributed by atoms with E-state index in [1.54, 1.807) is 0 Å². The molecule has 2 heteroatoms. The molecule has 0 heterocycles. The predicted octanol–water partition coefficient (Wildman–Crippen LogP) is 4.73. The van der Waals surface area contributed by atoms with E-state index in [0.717, 1.165) is 3.39 Å². The lowest BCUT2D eigenvalue weighted by Gasteiger charge is -1.98. The van der Waals surface area contributed by atoms with E-state index in [2.05, 4.69) is 63.0 Å². The van der Waals surface area contributed by atoms with Gasteiger partial charge in [-0.1, -0.05) is 37.6 Å². The molecular formula is C11H12Br2. The van der Waals surface area contributed by atoms with Crippen molar-refractivity contribution in [3.8, 4) is 0 Å². The molecule has 0 aromatic heterocycles. The Morgan fingerprint density at radius 1 is 1.23 bits per heavy atom. The second-order valence-electron chi connectivity index (χ2n) is 2.93. The minimum atomic E-state index is 0.975. The van der Waals surface area contributed by atoms with Crippen molar-refractivity contribution in [1.29, 1.82) is 0 Å². The third-order valence-corrected chi connectivity index (χ3v) is 2.25. The fraction of sp³-hybridized carbons (Fsp3) is 0.273. The van der Waals surface area contributed by atoms with Crippen LogP contribution in [0.15, 0.2) is 27.7 Å². The van der Waals surface area contributed by atoms with Gasteiger partial charge in [-0.3, -0.25) is 0 Å². The van der Waals surface area contributed by atoms with Crippen LogP contribution < -0.4 is 0 Å². The molecule has 0 aliphatic rings. The average molecular weight is 304 g/mol. The Morgan fingerprint density at radius 2 is 1.85 bits per heavy atom. The molecule has 0 nitrogen and oxygen atoms in total. The Balaban J connectivity index is 2.75. The average Bonchev–Trinajstić information content (AvgIpc) is 2.08. The highest BCUT2D eigenvalue weighted by Crippen LogP contribution is 2.18. The molecule has 13 heavy (non-hydrogen) atoms. The van der Waals surface area contributed by atoms with Gasteiger partial charge in [-0.2, -0.15) is 0 Å². The van der Waals surface area contributed by atoms with Gasteiger partial charge in [-0.25, -0.2) is 0 Å². The molecule has 0 amide bonds. The SMILES string of the molecule is CCCc1ccc(C=C(Br)Br)cc1. The lowest BCUT2D eigenvalue weighted by Crippen LogP contribution is -1.82. The van der Waals surface area contributed by atoms with Crippen molar-refractivity contribution < 1.29 is 0 Å². The summed E-state index contributed by atoms with van der Waals surface area (Å²) < 4.78 is 0.975. The van der Waals surface area contributed by atoms with E-state index in [-0.39, 0.29) is 0 Å². The van der Waals surface area contributed by atoms with Gasteiger partial charge in [0.05, 0.1) is 3.39 Å². The highest BCUT2D eigenvalue weighted by molar-refractivity contribution is 9.28. The zero-order valence-corrected chi connectivity index (χ0v) is 10.7. The summed E-state index contributed by atoms with van der Waals surface area (Å²) in [7, 11) is 0. The summed E-state index contributed by atoms with van der Waals surface area (Å²) in [4.78, 5) is 0. The fourth-order valence-corrected chi connectivity index (χ4v) is 1.72.